The van der Waals surface area contributed by atoms with Gasteiger partial charge in [-0.25, -0.2) is 4.98 Å². The highest BCUT2D eigenvalue weighted by atomic mass is 16.5. The Labute approximate surface area is 147 Å². The molecule has 0 amide bonds. The van der Waals surface area contributed by atoms with E-state index in [1.807, 2.05) is 0 Å². The molecule has 0 spiro atoms. The summed E-state index contributed by atoms with van der Waals surface area (Å²) in [5.41, 5.74) is 5.47. The van der Waals surface area contributed by atoms with Crippen LogP contribution in [0.5, 0.6) is 5.75 Å². The molecule has 1 aromatic carbocycles. The lowest BCUT2D eigenvalue weighted by molar-refractivity contribution is 0.245. The van der Waals surface area contributed by atoms with Gasteiger partial charge in [0.1, 0.15) is 5.75 Å². The standard InChI is InChI=1S/C20H24N4O/c1-11-8-15(25-3)9-16-17(10-24-13-4-5-14(24)7-6-13)18-12(2)22-23-20(18)21-19(11)16/h8-9,13-14H,4-7,10H2,1-3H3,(H,21,22,23). The average Bonchev–Trinajstić information content (AvgIpc) is 3.30. The molecule has 0 radical (unpaired) electrons. The van der Waals surface area contributed by atoms with E-state index in [0.29, 0.717) is 0 Å². The van der Waals surface area contributed by atoms with E-state index < -0.39 is 0 Å². The van der Waals surface area contributed by atoms with E-state index >= 15 is 0 Å². The third-order valence-corrected chi connectivity index (χ3v) is 6.23. The Kier molecular flexibility index (Phi) is 3.29. The number of aryl methyl sites for hydroxylation is 2. The molecule has 0 aliphatic carbocycles. The van der Waals surface area contributed by atoms with Crippen molar-refractivity contribution in [1.29, 1.82) is 0 Å². The van der Waals surface area contributed by atoms with Gasteiger partial charge in [0.15, 0.2) is 5.65 Å². The SMILES string of the molecule is COc1cc(C)c2nc3n[nH]c(C)c3c(CN3C4CCC3CC4)c2c1. The van der Waals surface area contributed by atoms with Crippen molar-refractivity contribution in [3.8, 4) is 5.75 Å². The monoisotopic (exact) mass is 336 g/mol. The predicted molar refractivity (Wildman–Crippen MR) is 99.0 cm³/mol. The van der Waals surface area contributed by atoms with Crippen molar-refractivity contribution in [2.75, 3.05) is 7.11 Å². The Bertz CT molecular complexity index is 957. The molecule has 0 atom stereocenters. The minimum absolute atomic E-state index is 0.752. The third-order valence-electron chi connectivity index (χ3n) is 6.23. The van der Waals surface area contributed by atoms with E-state index in [9.17, 15) is 0 Å². The number of ether oxygens (including phenoxy) is 1. The van der Waals surface area contributed by atoms with Crippen molar-refractivity contribution < 1.29 is 4.74 Å². The van der Waals surface area contributed by atoms with Crippen LogP contribution < -0.4 is 4.74 Å². The number of aromatic amines is 1. The number of benzene rings is 1. The number of methoxy groups -OCH3 is 1. The highest BCUT2D eigenvalue weighted by Crippen LogP contribution is 2.41. The Morgan fingerprint density at radius 3 is 2.56 bits per heavy atom. The maximum Gasteiger partial charge on any atom is 0.182 e. The zero-order chi connectivity index (χ0) is 17.1. The number of aromatic nitrogens is 3. The van der Waals surface area contributed by atoms with E-state index in [1.165, 1.54) is 42.0 Å². The minimum atomic E-state index is 0.752. The highest BCUT2D eigenvalue weighted by Gasteiger charge is 2.39. The number of H-pyrrole nitrogens is 1. The smallest absolute Gasteiger partial charge is 0.182 e. The first-order valence-corrected chi connectivity index (χ1v) is 9.23. The van der Waals surface area contributed by atoms with Crippen LogP contribution in [0.2, 0.25) is 0 Å². The van der Waals surface area contributed by atoms with Gasteiger partial charge in [-0.05, 0) is 62.8 Å². The fourth-order valence-electron chi connectivity index (χ4n) is 4.97. The summed E-state index contributed by atoms with van der Waals surface area (Å²) in [4.78, 5) is 7.56. The molecule has 3 aromatic rings. The summed E-state index contributed by atoms with van der Waals surface area (Å²) in [6.45, 7) is 5.18. The number of nitrogens with one attached hydrogen (secondary N) is 1. The molecular weight excluding hydrogens is 312 g/mol. The fourth-order valence-corrected chi connectivity index (χ4v) is 4.97. The number of hydrogen-bond acceptors (Lipinski definition) is 4. The quantitative estimate of drug-likeness (QED) is 0.789. The van der Waals surface area contributed by atoms with Gasteiger partial charge < -0.3 is 4.74 Å². The predicted octanol–water partition coefficient (Wildman–Crippen LogP) is 3.86. The number of hydrogen-bond donors (Lipinski definition) is 1. The molecule has 1 N–H and O–H groups in total. The maximum atomic E-state index is 5.54. The van der Waals surface area contributed by atoms with Crippen LogP contribution in [0.3, 0.4) is 0 Å². The maximum absolute atomic E-state index is 5.54. The van der Waals surface area contributed by atoms with Crippen LogP contribution in [0.15, 0.2) is 12.1 Å². The Balaban J connectivity index is 1.77. The summed E-state index contributed by atoms with van der Waals surface area (Å²) >= 11 is 0. The normalized spacial score (nSPS) is 23.2. The van der Waals surface area contributed by atoms with Gasteiger partial charge in [-0.3, -0.25) is 10.00 Å². The van der Waals surface area contributed by atoms with Crippen molar-refractivity contribution in [1.82, 2.24) is 20.1 Å². The molecule has 5 rings (SSSR count). The first-order chi connectivity index (χ1) is 12.2. The summed E-state index contributed by atoms with van der Waals surface area (Å²) in [7, 11) is 1.73. The second-order valence-electron chi connectivity index (χ2n) is 7.61. The largest absolute Gasteiger partial charge is 0.497 e. The fraction of sp³-hybridized carbons (Fsp3) is 0.500. The van der Waals surface area contributed by atoms with Gasteiger partial charge in [0, 0.05) is 35.1 Å². The zero-order valence-electron chi connectivity index (χ0n) is 15.1. The summed E-state index contributed by atoms with van der Waals surface area (Å²) in [5.74, 6) is 0.901. The van der Waals surface area contributed by atoms with Crippen molar-refractivity contribution in [2.24, 2.45) is 0 Å². The molecule has 130 valence electrons. The zero-order valence-corrected chi connectivity index (χ0v) is 15.1. The Morgan fingerprint density at radius 1 is 1.16 bits per heavy atom. The van der Waals surface area contributed by atoms with E-state index in [4.69, 9.17) is 9.72 Å². The second kappa shape index (κ2) is 5.43. The van der Waals surface area contributed by atoms with Gasteiger partial charge in [-0.15, -0.1) is 0 Å². The lowest BCUT2D eigenvalue weighted by atomic mass is 10.0. The summed E-state index contributed by atoms with van der Waals surface area (Å²) in [6.07, 6.45) is 5.40. The van der Waals surface area contributed by atoms with Crippen molar-refractivity contribution >= 4 is 21.9 Å². The number of nitrogens with zero attached hydrogens (tertiary/aromatic N) is 3. The van der Waals surface area contributed by atoms with Gasteiger partial charge in [-0.1, -0.05) is 0 Å². The first kappa shape index (κ1) is 15.1. The van der Waals surface area contributed by atoms with Crippen LogP contribution in [0, 0.1) is 13.8 Å². The first-order valence-electron chi connectivity index (χ1n) is 9.23. The molecule has 2 saturated heterocycles. The van der Waals surface area contributed by atoms with E-state index in [-0.39, 0.29) is 0 Å². The van der Waals surface area contributed by atoms with Crippen LogP contribution in [0.4, 0.5) is 0 Å². The second-order valence-corrected chi connectivity index (χ2v) is 7.61. The lowest BCUT2D eigenvalue weighted by Crippen LogP contribution is -2.28. The molecule has 2 aromatic heterocycles. The van der Waals surface area contributed by atoms with Gasteiger partial charge in [0.05, 0.1) is 12.6 Å². The molecule has 2 aliphatic heterocycles. The number of pyridine rings is 1. The van der Waals surface area contributed by atoms with Crippen LogP contribution in [0.1, 0.15) is 42.5 Å². The molecule has 2 bridgehead atoms. The average molecular weight is 336 g/mol. The number of fused-ring (bicyclic) bond motifs is 4. The van der Waals surface area contributed by atoms with Gasteiger partial charge in [0.25, 0.3) is 0 Å². The van der Waals surface area contributed by atoms with E-state index in [1.54, 1.807) is 7.11 Å². The lowest BCUT2D eigenvalue weighted by Gasteiger charge is -2.23. The molecule has 2 fully saturated rings. The van der Waals surface area contributed by atoms with Crippen LogP contribution in [-0.2, 0) is 6.54 Å². The molecule has 0 saturated carbocycles. The van der Waals surface area contributed by atoms with Crippen LogP contribution >= 0.6 is 0 Å². The minimum Gasteiger partial charge on any atom is -0.497 e. The molecule has 25 heavy (non-hydrogen) atoms. The third kappa shape index (κ3) is 2.18. The van der Waals surface area contributed by atoms with Crippen molar-refractivity contribution in [3.05, 3.63) is 29.0 Å². The molecule has 5 heteroatoms. The molecule has 2 aliphatic rings. The van der Waals surface area contributed by atoms with Crippen molar-refractivity contribution in [3.63, 3.8) is 0 Å². The van der Waals surface area contributed by atoms with Gasteiger partial charge in [0.2, 0.25) is 0 Å². The molecule has 0 unspecified atom stereocenters. The number of rotatable bonds is 3. The molecule has 5 nitrogen and oxygen atoms in total. The van der Waals surface area contributed by atoms with Crippen LogP contribution in [0.25, 0.3) is 21.9 Å². The summed E-state index contributed by atoms with van der Waals surface area (Å²) in [6, 6.07) is 5.71. The molecular formula is C20H24N4O. The summed E-state index contributed by atoms with van der Waals surface area (Å²) in [5, 5.41) is 9.99. The van der Waals surface area contributed by atoms with E-state index in [2.05, 4.69) is 41.1 Å². The topological polar surface area (TPSA) is 54.0 Å². The van der Waals surface area contributed by atoms with Gasteiger partial charge >= 0.3 is 0 Å². The van der Waals surface area contributed by atoms with Crippen LogP contribution in [-0.4, -0.2) is 39.3 Å². The Morgan fingerprint density at radius 2 is 1.88 bits per heavy atom. The van der Waals surface area contributed by atoms with E-state index in [0.717, 1.165) is 46.8 Å². The summed E-state index contributed by atoms with van der Waals surface area (Å²) < 4.78 is 5.54. The molecule has 4 heterocycles. The van der Waals surface area contributed by atoms with Crippen molar-refractivity contribution in [2.45, 2.75) is 58.2 Å². The van der Waals surface area contributed by atoms with Gasteiger partial charge in [-0.2, -0.15) is 5.10 Å². The Hall–Kier alpha value is -2.14. The highest BCUT2D eigenvalue weighted by molar-refractivity contribution is 5.99.